The lowest BCUT2D eigenvalue weighted by Crippen LogP contribution is -2.09. The summed E-state index contributed by atoms with van der Waals surface area (Å²) < 4.78 is 0. The number of aliphatic hydroxyl groups excluding tert-OH is 1. The van der Waals surface area contributed by atoms with Gasteiger partial charge in [0.05, 0.1) is 6.10 Å². The SMILES string of the molecule is CCc1ccc(CC(O)CCCSC)s1. The molecule has 1 unspecified atom stereocenters. The van der Waals surface area contributed by atoms with E-state index in [-0.39, 0.29) is 6.10 Å². The summed E-state index contributed by atoms with van der Waals surface area (Å²) in [5.41, 5.74) is 0. The van der Waals surface area contributed by atoms with Crippen molar-refractivity contribution < 1.29 is 5.11 Å². The van der Waals surface area contributed by atoms with E-state index in [9.17, 15) is 5.11 Å². The highest BCUT2D eigenvalue weighted by Crippen LogP contribution is 2.19. The summed E-state index contributed by atoms with van der Waals surface area (Å²) in [5.74, 6) is 1.15. The van der Waals surface area contributed by atoms with Crippen molar-refractivity contribution in [1.82, 2.24) is 0 Å². The van der Waals surface area contributed by atoms with Crippen molar-refractivity contribution in [2.24, 2.45) is 0 Å². The fraction of sp³-hybridized carbons (Fsp3) is 0.667. The Bertz CT molecular complexity index is 270. The highest BCUT2D eigenvalue weighted by molar-refractivity contribution is 7.98. The molecule has 0 radical (unpaired) electrons. The number of rotatable bonds is 7. The molecule has 0 aliphatic carbocycles. The molecule has 0 aliphatic rings. The van der Waals surface area contributed by atoms with Crippen molar-refractivity contribution in [2.45, 2.75) is 38.7 Å². The van der Waals surface area contributed by atoms with Crippen LogP contribution in [-0.4, -0.2) is 23.2 Å². The van der Waals surface area contributed by atoms with Crippen molar-refractivity contribution >= 4 is 23.1 Å². The molecule has 1 heterocycles. The molecule has 0 aromatic carbocycles. The quantitative estimate of drug-likeness (QED) is 0.742. The fourth-order valence-electron chi connectivity index (χ4n) is 1.52. The third kappa shape index (κ3) is 5.05. The second kappa shape index (κ2) is 7.31. The predicted molar refractivity (Wildman–Crippen MR) is 71.0 cm³/mol. The number of thiophene rings is 1. The van der Waals surface area contributed by atoms with Crippen molar-refractivity contribution in [1.29, 1.82) is 0 Å². The lowest BCUT2D eigenvalue weighted by Gasteiger charge is -2.08. The van der Waals surface area contributed by atoms with Crippen molar-refractivity contribution in [3.8, 4) is 0 Å². The molecule has 1 aromatic heterocycles. The van der Waals surface area contributed by atoms with Gasteiger partial charge in [-0.05, 0) is 43.4 Å². The van der Waals surface area contributed by atoms with Gasteiger partial charge in [-0.15, -0.1) is 11.3 Å². The van der Waals surface area contributed by atoms with Crippen molar-refractivity contribution in [3.63, 3.8) is 0 Å². The maximum atomic E-state index is 9.81. The first-order valence-corrected chi connectivity index (χ1v) is 7.72. The van der Waals surface area contributed by atoms with E-state index in [1.807, 2.05) is 23.1 Å². The van der Waals surface area contributed by atoms with E-state index in [1.165, 1.54) is 9.75 Å². The summed E-state index contributed by atoms with van der Waals surface area (Å²) in [4.78, 5) is 2.74. The summed E-state index contributed by atoms with van der Waals surface area (Å²) in [7, 11) is 0. The van der Waals surface area contributed by atoms with Crippen LogP contribution in [0, 0.1) is 0 Å². The zero-order valence-electron chi connectivity index (χ0n) is 9.53. The maximum absolute atomic E-state index is 9.81. The minimum absolute atomic E-state index is 0.152. The first kappa shape index (κ1) is 13.1. The zero-order valence-corrected chi connectivity index (χ0v) is 11.2. The van der Waals surface area contributed by atoms with Gasteiger partial charge < -0.3 is 5.11 Å². The number of aliphatic hydroxyl groups is 1. The molecule has 0 spiro atoms. The van der Waals surface area contributed by atoms with Gasteiger partial charge in [0.2, 0.25) is 0 Å². The zero-order chi connectivity index (χ0) is 11.1. The Balaban J connectivity index is 2.27. The molecule has 0 saturated heterocycles. The molecule has 86 valence electrons. The standard InChI is InChI=1S/C12H20OS2/c1-3-11-6-7-12(15-11)9-10(13)5-4-8-14-2/h6-7,10,13H,3-5,8-9H2,1-2H3. The monoisotopic (exact) mass is 244 g/mol. The van der Waals surface area contributed by atoms with E-state index in [1.54, 1.807) is 0 Å². The predicted octanol–water partition coefficient (Wildman–Crippen LogP) is 3.36. The van der Waals surface area contributed by atoms with Crippen LogP contribution in [0.3, 0.4) is 0 Å². The molecule has 1 atom stereocenters. The molecule has 15 heavy (non-hydrogen) atoms. The highest BCUT2D eigenvalue weighted by Gasteiger charge is 2.07. The summed E-state index contributed by atoms with van der Waals surface area (Å²) >= 11 is 3.68. The van der Waals surface area contributed by atoms with Gasteiger partial charge in [0, 0.05) is 16.2 Å². The Morgan fingerprint density at radius 1 is 1.40 bits per heavy atom. The van der Waals surface area contributed by atoms with Gasteiger partial charge in [-0.3, -0.25) is 0 Å². The van der Waals surface area contributed by atoms with Gasteiger partial charge >= 0.3 is 0 Å². The molecule has 0 saturated carbocycles. The Labute approximate surface area is 101 Å². The van der Waals surface area contributed by atoms with Gasteiger partial charge in [-0.25, -0.2) is 0 Å². The van der Waals surface area contributed by atoms with Gasteiger partial charge in [0.15, 0.2) is 0 Å². The lowest BCUT2D eigenvalue weighted by atomic mass is 10.1. The van der Waals surface area contributed by atoms with Crippen LogP contribution in [0.15, 0.2) is 12.1 Å². The average Bonchev–Trinajstić information content (AvgIpc) is 2.66. The van der Waals surface area contributed by atoms with Crippen LogP contribution in [-0.2, 0) is 12.8 Å². The molecule has 0 amide bonds. The van der Waals surface area contributed by atoms with Crippen molar-refractivity contribution in [2.75, 3.05) is 12.0 Å². The van der Waals surface area contributed by atoms with Crippen LogP contribution in [0.1, 0.15) is 29.5 Å². The average molecular weight is 244 g/mol. The number of thioether (sulfide) groups is 1. The summed E-state index contributed by atoms with van der Waals surface area (Å²) in [6.07, 6.45) is 5.94. The van der Waals surface area contributed by atoms with E-state index in [4.69, 9.17) is 0 Å². The smallest absolute Gasteiger partial charge is 0.0588 e. The normalized spacial score (nSPS) is 13.0. The van der Waals surface area contributed by atoms with Gasteiger partial charge in [0.25, 0.3) is 0 Å². The summed E-state index contributed by atoms with van der Waals surface area (Å²) in [5, 5.41) is 9.81. The number of hydrogen-bond acceptors (Lipinski definition) is 3. The Morgan fingerprint density at radius 2 is 2.13 bits per heavy atom. The van der Waals surface area contributed by atoms with Crippen LogP contribution >= 0.6 is 23.1 Å². The molecule has 0 aliphatic heterocycles. The van der Waals surface area contributed by atoms with E-state index >= 15 is 0 Å². The molecule has 1 aromatic rings. The Kier molecular flexibility index (Phi) is 6.37. The van der Waals surface area contributed by atoms with Crippen LogP contribution in [0.4, 0.5) is 0 Å². The van der Waals surface area contributed by atoms with Gasteiger partial charge in [0.1, 0.15) is 0 Å². The van der Waals surface area contributed by atoms with Crippen LogP contribution in [0.5, 0.6) is 0 Å². The van der Waals surface area contributed by atoms with Crippen LogP contribution in [0.2, 0.25) is 0 Å². The van der Waals surface area contributed by atoms with E-state index in [2.05, 4.69) is 25.3 Å². The highest BCUT2D eigenvalue weighted by atomic mass is 32.2. The number of aryl methyl sites for hydroxylation is 1. The van der Waals surface area contributed by atoms with E-state index < -0.39 is 0 Å². The number of hydrogen-bond donors (Lipinski definition) is 1. The largest absolute Gasteiger partial charge is 0.393 e. The molecule has 1 rings (SSSR count). The summed E-state index contributed by atoms with van der Waals surface area (Å²) in [6.45, 7) is 2.17. The van der Waals surface area contributed by atoms with E-state index in [0.717, 1.165) is 31.4 Å². The third-order valence-electron chi connectivity index (χ3n) is 2.39. The van der Waals surface area contributed by atoms with Crippen molar-refractivity contribution in [3.05, 3.63) is 21.9 Å². The third-order valence-corrected chi connectivity index (χ3v) is 4.34. The molecular formula is C12H20OS2. The lowest BCUT2D eigenvalue weighted by molar-refractivity contribution is 0.165. The molecular weight excluding hydrogens is 224 g/mol. The van der Waals surface area contributed by atoms with Crippen LogP contribution < -0.4 is 0 Å². The molecule has 1 nitrogen and oxygen atoms in total. The fourth-order valence-corrected chi connectivity index (χ4v) is 3.00. The second-order valence-corrected chi connectivity index (χ2v) is 5.95. The topological polar surface area (TPSA) is 20.2 Å². The maximum Gasteiger partial charge on any atom is 0.0588 e. The van der Waals surface area contributed by atoms with Gasteiger partial charge in [-0.2, -0.15) is 11.8 Å². The first-order chi connectivity index (χ1) is 7.26. The van der Waals surface area contributed by atoms with Gasteiger partial charge in [-0.1, -0.05) is 6.92 Å². The molecule has 0 bridgehead atoms. The first-order valence-electron chi connectivity index (χ1n) is 5.50. The second-order valence-electron chi connectivity index (χ2n) is 3.71. The molecule has 1 N–H and O–H groups in total. The molecule has 0 fully saturated rings. The Morgan fingerprint density at radius 3 is 2.73 bits per heavy atom. The minimum Gasteiger partial charge on any atom is -0.393 e. The summed E-state index contributed by atoms with van der Waals surface area (Å²) in [6, 6.07) is 4.33. The Hall–Kier alpha value is 0.01000. The van der Waals surface area contributed by atoms with E-state index in [0.29, 0.717) is 0 Å². The molecule has 3 heteroatoms. The minimum atomic E-state index is -0.152. The van der Waals surface area contributed by atoms with Crippen LogP contribution in [0.25, 0.3) is 0 Å².